The summed E-state index contributed by atoms with van der Waals surface area (Å²) in [5.41, 5.74) is 3.58. The first-order valence-corrected chi connectivity index (χ1v) is 5.64. The molecule has 0 radical (unpaired) electrons. The number of benzene rings is 1. The van der Waals surface area contributed by atoms with Crippen LogP contribution in [-0.4, -0.2) is 0 Å². The lowest BCUT2D eigenvalue weighted by Gasteiger charge is -2.23. The summed E-state index contributed by atoms with van der Waals surface area (Å²) in [5.74, 6) is 5.29. The van der Waals surface area contributed by atoms with E-state index in [4.69, 9.17) is 5.84 Å². The third kappa shape index (κ3) is 3.91. The van der Waals surface area contributed by atoms with Crippen LogP contribution in [-0.2, 0) is 0 Å². The quantitative estimate of drug-likeness (QED) is 0.609. The van der Waals surface area contributed by atoms with E-state index in [1.165, 1.54) is 6.07 Å². The van der Waals surface area contributed by atoms with Crippen molar-refractivity contribution in [2.45, 2.75) is 39.7 Å². The Labute approximate surface area is 97.0 Å². The van der Waals surface area contributed by atoms with Gasteiger partial charge in [-0.1, -0.05) is 39.0 Å². The lowest BCUT2D eigenvalue weighted by Crippen LogP contribution is -2.29. The minimum atomic E-state index is -0.195. The number of rotatable bonds is 4. The van der Waals surface area contributed by atoms with E-state index in [-0.39, 0.29) is 17.3 Å². The molecule has 0 aliphatic carbocycles. The number of hydrogen-bond donors (Lipinski definition) is 2. The van der Waals surface area contributed by atoms with Crippen molar-refractivity contribution >= 4 is 0 Å². The molecule has 1 rings (SSSR count). The normalized spacial score (nSPS) is 13.8. The third-order valence-corrected chi connectivity index (χ3v) is 2.66. The molecule has 0 saturated heterocycles. The topological polar surface area (TPSA) is 38.0 Å². The van der Waals surface area contributed by atoms with E-state index in [1.807, 2.05) is 6.07 Å². The van der Waals surface area contributed by atoms with Gasteiger partial charge in [0.05, 0.1) is 0 Å². The van der Waals surface area contributed by atoms with Crippen LogP contribution in [0.5, 0.6) is 0 Å². The Morgan fingerprint density at radius 1 is 1.31 bits per heavy atom. The summed E-state index contributed by atoms with van der Waals surface area (Å²) in [7, 11) is 0. The predicted molar refractivity (Wildman–Crippen MR) is 65.2 cm³/mol. The molecule has 0 aliphatic heterocycles. The molecule has 0 aliphatic rings. The van der Waals surface area contributed by atoms with Crippen LogP contribution in [0.4, 0.5) is 4.39 Å². The highest BCUT2D eigenvalue weighted by atomic mass is 19.1. The Balaban J connectivity index is 2.72. The van der Waals surface area contributed by atoms with Gasteiger partial charge in [-0.2, -0.15) is 0 Å². The Morgan fingerprint density at radius 3 is 2.44 bits per heavy atom. The molecule has 3 N–H and O–H groups in total. The Hall–Kier alpha value is -0.930. The molecule has 0 heterocycles. The molecular formula is C13H21FN2. The standard InChI is InChI=1S/C13H21FN2/c1-13(2,3)9-8-12(16-15)10-6-4-5-7-11(10)14/h4-7,12,16H,8-9,15H2,1-3H3. The van der Waals surface area contributed by atoms with Gasteiger partial charge in [-0.15, -0.1) is 0 Å². The third-order valence-electron chi connectivity index (χ3n) is 2.66. The first kappa shape index (κ1) is 13.1. The fraction of sp³-hybridized carbons (Fsp3) is 0.538. The zero-order chi connectivity index (χ0) is 12.2. The fourth-order valence-electron chi connectivity index (χ4n) is 1.66. The van der Waals surface area contributed by atoms with Gasteiger partial charge in [0.2, 0.25) is 0 Å². The van der Waals surface area contributed by atoms with Gasteiger partial charge in [-0.05, 0) is 24.3 Å². The molecular weight excluding hydrogens is 203 g/mol. The highest BCUT2D eigenvalue weighted by Crippen LogP contribution is 2.27. The summed E-state index contributed by atoms with van der Waals surface area (Å²) < 4.78 is 13.6. The molecule has 90 valence electrons. The van der Waals surface area contributed by atoms with Gasteiger partial charge in [0.25, 0.3) is 0 Å². The highest BCUT2D eigenvalue weighted by molar-refractivity contribution is 5.20. The van der Waals surface area contributed by atoms with Crippen molar-refractivity contribution in [1.82, 2.24) is 5.43 Å². The predicted octanol–water partition coefficient (Wildman–Crippen LogP) is 3.16. The summed E-state index contributed by atoms with van der Waals surface area (Å²) in [6.07, 6.45) is 1.83. The largest absolute Gasteiger partial charge is 0.271 e. The van der Waals surface area contributed by atoms with Crippen LogP contribution in [0.2, 0.25) is 0 Å². The molecule has 1 aromatic rings. The van der Waals surface area contributed by atoms with Gasteiger partial charge in [-0.25, -0.2) is 4.39 Å². The molecule has 0 fully saturated rings. The molecule has 16 heavy (non-hydrogen) atoms. The molecule has 0 bridgehead atoms. The number of nitrogens with two attached hydrogens (primary N) is 1. The van der Waals surface area contributed by atoms with Crippen LogP contribution in [0.15, 0.2) is 24.3 Å². The molecule has 0 saturated carbocycles. The zero-order valence-electron chi connectivity index (χ0n) is 10.3. The average molecular weight is 224 g/mol. The first-order valence-electron chi connectivity index (χ1n) is 5.64. The lowest BCUT2D eigenvalue weighted by atomic mass is 9.87. The molecule has 0 amide bonds. The number of hydrazine groups is 1. The van der Waals surface area contributed by atoms with E-state index in [0.29, 0.717) is 5.56 Å². The second-order valence-electron chi connectivity index (χ2n) is 5.34. The number of halogens is 1. The molecule has 0 spiro atoms. The van der Waals surface area contributed by atoms with Crippen molar-refractivity contribution in [2.75, 3.05) is 0 Å². The monoisotopic (exact) mass is 224 g/mol. The van der Waals surface area contributed by atoms with Crippen molar-refractivity contribution in [3.63, 3.8) is 0 Å². The maximum atomic E-state index is 13.6. The molecule has 1 unspecified atom stereocenters. The van der Waals surface area contributed by atoms with E-state index >= 15 is 0 Å². The highest BCUT2D eigenvalue weighted by Gasteiger charge is 2.17. The second-order valence-corrected chi connectivity index (χ2v) is 5.34. The minimum absolute atomic E-state index is 0.111. The fourth-order valence-corrected chi connectivity index (χ4v) is 1.66. The first-order chi connectivity index (χ1) is 7.44. The van der Waals surface area contributed by atoms with E-state index in [9.17, 15) is 4.39 Å². The smallest absolute Gasteiger partial charge is 0.128 e. The van der Waals surface area contributed by atoms with Crippen molar-refractivity contribution in [3.05, 3.63) is 35.6 Å². The van der Waals surface area contributed by atoms with Gasteiger partial charge >= 0.3 is 0 Å². The molecule has 3 heteroatoms. The van der Waals surface area contributed by atoms with E-state index < -0.39 is 0 Å². The maximum Gasteiger partial charge on any atom is 0.128 e. The Morgan fingerprint density at radius 2 is 1.94 bits per heavy atom. The average Bonchev–Trinajstić information content (AvgIpc) is 2.20. The van der Waals surface area contributed by atoms with Gasteiger partial charge < -0.3 is 0 Å². The van der Waals surface area contributed by atoms with E-state index in [2.05, 4.69) is 26.2 Å². The van der Waals surface area contributed by atoms with Gasteiger partial charge in [0.15, 0.2) is 0 Å². The zero-order valence-corrected chi connectivity index (χ0v) is 10.3. The van der Waals surface area contributed by atoms with Crippen LogP contribution in [0.3, 0.4) is 0 Å². The van der Waals surface area contributed by atoms with Crippen LogP contribution in [0.25, 0.3) is 0 Å². The summed E-state index contributed by atoms with van der Waals surface area (Å²) >= 11 is 0. The van der Waals surface area contributed by atoms with Crippen LogP contribution in [0.1, 0.15) is 45.2 Å². The molecule has 2 nitrogen and oxygen atoms in total. The molecule has 0 aromatic heterocycles. The number of nitrogens with one attached hydrogen (secondary N) is 1. The van der Waals surface area contributed by atoms with Gasteiger partial charge in [0, 0.05) is 11.6 Å². The summed E-state index contributed by atoms with van der Waals surface area (Å²) in [5, 5.41) is 0. The Kier molecular flexibility index (Phi) is 4.44. The number of hydrogen-bond acceptors (Lipinski definition) is 2. The van der Waals surface area contributed by atoms with E-state index in [0.717, 1.165) is 12.8 Å². The van der Waals surface area contributed by atoms with Crippen LogP contribution in [0, 0.1) is 11.2 Å². The summed E-state index contributed by atoms with van der Waals surface area (Å²) in [6.45, 7) is 6.51. The van der Waals surface area contributed by atoms with Gasteiger partial charge in [0.1, 0.15) is 5.82 Å². The minimum Gasteiger partial charge on any atom is -0.271 e. The van der Waals surface area contributed by atoms with Crippen LogP contribution < -0.4 is 11.3 Å². The summed E-state index contributed by atoms with van der Waals surface area (Å²) in [4.78, 5) is 0. The lowest BCUT2D eigenvalue weighted by molar-refractivity contribution is 0.330. The molecule has 1 aromatic carbocycles. The van der Waals surface area contributed by atoms with E-state index in [1.54, 1.807) is 12.1 Å². The van der Waals surface area contributed by atoms with Crippen LogP contribution >= 0.6 is 0 Å². The second kappa shape index (κ2) is 5.41. The van der Waals surface area contributed by atoms with Crippen molar-refractivity contribution in [3.8, 4) is 0 Å². The van der Waals surface area contributed by atoms with Crippen molar-refractivity contribution < 1.29 is 4.39 Å². The summed E-state index contributed by atoms with van der Waals surface area (Å²) in [6, 6.07) is 6.66. The van der Waals surface area contributed by atoms with Crippen molar-refractivity contribution in [2.24, 2.45) is 11.3 Å². The van der Waals surface area contributed by atoms with Crippen molar-refractivity contribution in [1.29, 1.82) is 0 Å². The molecule has 1 atom stereocenters. The SMILES string of the molecule is CC(C)(C)CCC(NN)c1ccccc1F. The van der Waals surface area contributed by atoms with Gasteiger partial charge in [-0.3, -0.25) is 11.3 Å². The maximum absolute atomic E-state index is 13.6. The Bertz CT molecular complexity index is 331.